The number of aromatic nitrogens is 1. The van der Waals surface area contributed by atoms with Gasteiger partial charge in [0.05, 0.1) is 12.5 Å². The molecule has 0 unspecified atom stereocenters. The molecule has 1 aromatic heterocycles. The summed E-state index contributed by atoms with van der Waals surface area (Å²) in [6.07, 6.45) is -2.17. The fraction of sp³-hybridized carbons (Fsp3) is 0.250. The highest BCUT2D eigenvalue weighted by Gasteiger charge is 2.17. The predicted octanol–water partition coefficient (Wildman–Crippen LogP) is 1.08. The Hall–Kier alpha value is -1.90. The van der Waals surface area contributed by atoms with Gasteiger partial charge in [0.15, 0.2) is 5.75 Å². The number of hydrogen-bond acceptors (Lipinski definition) is 3. The lowest BCUT2D eigenvalue weighted by Crippen LogP contribution is -2.11. The van der Waals surface area contributed by atoms with Crippen LogP contribution in [0.1, 0.15) is 17.7 Å². The molecule has 0 aromatic carbocycles. The molecular formula is C8H6F2N2O2. The van der Waals surface area contributed by atoms with Gasteiger partial charge < -0.3 is 10.1 Å². The van der Waals surface area contributed by atoms with Crippen LogP contribution < -0.4 is 5.43 Å². The molecule has 1 heterocycles. The Morgan fingerprint density at radius 2 is 2.29 bits per heavy atom. The molecular weight excluding hydrogens is 194 g/mol. The molecule has 0 spiro atoms. The zero-order valence-electron chi connectivity index (χ0n) is 6.92. The first-order chi connectivity index (χ1) is 6.57. The second-order valence-corrected chi connectivity index (χ2v) is 2.54. The Morgan fingerprint density at radius 1 is 1.64 bits per heavy atom. The zero-order chi connectivity index (χ0) is 10.7. The van der Waals surface area contributed by atoms with Gasteiger partial charge in [0.25, 0.3) is 6.43 Å². The van der Waals surface area contributed by atoms with E-state index in [-0.39, 0.29) is 12.0 Å². The third-order valence-corrected chi connectivity index (χ3v) is 1.65. The van der Waals surface area contributed by atoms with Crippen LogP contribution in [-0.4, -0.2) is 10.1 Å². The van der Waals surface area contributed by atoms with E-state index in [1.807, 2.05) is 0 Å². The number of H-pyrrole nitrogens is 1. The van der Waals surface area contributed by atoms with Gasteiger partial charge in [-0.05, 0) is 0 Å². The summed E-state index contributed by atoms with van der Waals surface area (Å²) < 4.78 is 24.3. The summed E-state index contributed by atoms with van der Waals surface area (Å²) in [5, 5.41) is 17.3. The van der Waals surface area contributed by atoms with Crippen LogP contribution in [-0.2, 0) is 6.42 Å². The predicted molar refractivity (Wildman–Crippen MR) is 43.0 cm³/mol. The van der Waals surface area contributed by atoms with Crippen LogP contribution in [0.2, 0.25) is 0 Å². The van der Waals surface area contributed by atoms with Gasteiger partial charge in [-0.2, -0.15) is 5.26 Å². The van der Waals surface area contributed by atoms with E-state index in [1.54, 1.807) is 6.07 Å². The molecule has 0 saturated heterocycles. The van der Waals surface area contributed by atoms with Crippen molar-refractivity contribution < 1.29 is 13.9 Å². The molecule has 0 atom stereocenters. The minimum absolute atomic E-state index is 0.0330. The molecule has 4 nitrogen and oxygen atoms in total. The summed E-state index contributed by atoms with van der Waals surface area (Å²) in [5.41, 5.74) is -1.79. The number of alkyl halides is 2. The van der Waals surface area contributed by atoms with Crippen LogP contribution in [0.3, 0.4) is 0 Å². The molecule has 74 valence electrons. The first kappa shape index (κ1) is 10.2. The van der Waals surface area contributed by atoms with E-state index in [4.69, 9.17) is 10.4 Å². The number of pyridine rings is 1. The molecule has 0 amide bonds. The lowest BCUT2D eigenvalue weighted by atomic mass is 10.2. The lowest BCUT2D eigenvalue weighted by molar-refractivity contribution is 0.141. The molecule has 1 rings (SSSR count). The maximum atomic E-state index is 12.1. The van der Waals surface area contributed by atoms with Crippen molar-refractivity contribution in [2.75, 3.05) is 0 Å². The van der Waals surface area contributed by atoms with Gasteiger partial charge in [-0.15, -0.1) is 0 Å². The second-order valence-electron chi connectivity index (χ2n) is 2.54. The largest absolute Gasteiger partial charge is 0.503 e. The summed E-state index contributed by atoms with van der Waals surface area (Å²) in [6.45, 7) is 0. The maximum Gasteiger partial charge on any atom is 0.282 e. The topological polar surface area (TPSA) is 76.9 Å². The summed E-state index contributed by atoms with van der Waals surface area (Å²) in [7, 11) is 0. The van der Waals surface area contributed by atoms with Crippen LogP contribution in [0, 0.1) is 11.3 Å². The van der Waals surface area contributed by atoms with Gasteiger partial charge in [0.1, 0.15) is 5.69 Å². The molecule has 0 aliphatic heterocycles. The van der Waals surface area contributed by atoms with Crippen molar-refractivity contribution in [1.82, 2.24) is 4.98 Å². The van der Waals surface area contributed by atoms with E-state index < -0.39 is 23.3 Å². The summed E-state index contributed by atoms with van der Waals surface area (Å²) >= 11 is 0. The van der Waals surface area contributed by atoms with Crippen molar-refractivity contribution in [2.45, 2.75) is 12.8 Å². The number of nitriles is 1. The Balaban J connectivity index is 3.28. The highest BCUT2D eigenvalue weighted by atomic mass is 19.3. The molecule has 0 radical (unpaired) electrons. The summed E-state index contributed by atoms with van der Waals surface area (Å²) in [5.74, 6) is -1.02. The molecule has 1 aromatic rings. The number of rotatable bonds is 2. The zero-order valence-corrected chi connectivity index (χ0v) is 6.92. The fourth-order valence-corrected chi connectivity index (χ4v) is 0.956. The third-order valence-electron chi connectivity index (χ3n) is 1.65. The normalized spacial score (nSPS) is 10.1. The molecule has 0 bridgehead atoms. The van der Waals surface area contributed by atoms with Crippen LogP contribution in [0.15, 0.2) is 11.0 Å². The quantitative estimate of drug-likeness (QED) is 0.749. The second kappa shape index (κ2) is 3.87. The number of nitrogens with one attached hydrogen (secondary N) is 1. The Morgan fingerprint density at radius 3 is 2.79 bits per heavy atom. The highest BCUT2D eigenvalue weighted by molar-refractivity contribution is 5.32. The average molecular weight is 200 g/mol. The molecule has 6 heteroatoms. The Bertz CT molecular complexity index is 434. The van der Waals surface area contributed by atoms with E-state index in [0.717, 1.165) is 6.20 Å². The van der Waals surface area contributed by atoms with Crippen molar-refractivity contribution in [3.8, 4) is 11.8 Å². The standard InChI is InChI=1S/C8H6F2N2O2/c9-8(10)5-7(14)6(13)4(1-2-11)3-12-5/h3,8,14H,1H2,(H,12,13). The average Bonchev–Trinajstić information content (AvgIpc) is 2.13. The van der Waals surface area contributed by atoms with Gasteiger partial charge in [-0.3, -0.25) is 4.79 Å². The molecule has 0 saturated carbocycles. The van der Waals surface area contributed by atoms with E-state index >= 15 is 0 Å². The van der Waals surface area contributed by atoms with E-state index in [9.17, 15) is 13.6 Å². The Labute approximate surface area is 77.4 Å². The van der Waals surface area contributed by atoms with Gasteiger partial charge >= 0.3 is 0 Å². The molecule has 0 aliphatic rings. The van der Waals surface area contributed by atoms with Crippen LogP contribution >= 0.6 is 0 Å². The SMILES string of the molecule is N#CCc1c[nH]c(C(F)F)c(O)c1=O. The van der Waals surface area contributed by atoms with Crippen LogP contribution in [0.4, 0.5) is 8.78 Å². The number of aromatic hydroxyl groups is 1. The summed E-state index contributed by atoms with van der Waals surface area (Å²) in [4.78, 5) is 13.2. The summed E-state index contributed by atoms with van der Waals surface area (Å²) in [6, 6.07) is 1.68. The van der Waals surface area contributed by atoms with Crippen LogP contribution in [0.25, 0.3) is 0 Å². The van der Waals surface area contributed by atoms with Crippen molar-refractivity contribution >= 4 is 0 Å². The molecule has 0 fully saturated rings. The highest BCUT2D eigenvalue weighted by Crippen LogP contribution is 2.22. The first-order valence-electron chi connectivity index (χ1n) is 3.66. The maximum absolute atomic E-state index is 12.1. The molecule has 2 N–H and O–H groups in total. The fourth-order valence-electron chi connectivity index (χ4n) is 0.956. The van der Waals surface area contributed by atoms with Gasteiger partial charge in [-0.25, -0.2) is 8.78 Å². The number of aromatic amines is 1. The van der Waals surface area contributed by atoms with E-state index in [0.29, 0.717) is 0 Å². The van der Waals surface area contributed by atoms with Crippen molar-refractivity contribution in [3.63, 3.8) is 0 Å². The van der Waals surface area contributed by atoms with Crippen molar-refractivity contribution in [2.24, 2.45) is 0 Å². The lowest BCUT2D eigenvalue weighted by Gasteiger charge is -2.03. The molecule has 14 heavy (non-hydrogen) atoms. The number of halogens is 2. The van der Waals surface area contributed by atoms with Crippen molar-refractivity contribution in [3.05, 3.63) is 27.7 Å². The number of hydrogen-bond donors (Lipinski definition) is 2. The first-order valence-corrected chi connectivity index (χ1v) is 3.66. The van der Waals surface area contributed by atoms with Gasteiger partial charge in [0.2, 0.25) is 5.43 Å². The third kappa shape index (κ3) is 1.71. The van der Waals surface area contributed by atoms with Crippen molar-refractivity contribution in [1.29, 1.82) is 5.26 Å². The smallest absolute Gasteiger partial charge is 0.282 e. The van der Waals surface area contributed by atoms with Crippen LogP contribution in [0.5, 0.6) is 5.75 Å². The number of nitrogens with zero attached hydrogens (tertiary/aromatic N) is 1. The molecule has 0 aliphatic carbocycles. The monoisotopic (exact) mass is 200 g/mol. The van der Waals surface area contributed by atoms with E-state index in [1.165, 1.54) is 0 Å². The minimum Gasteiger partial charge on any atom is -0.503 e. The van der Waals surface area contributed by atoms with E-state index in [2.05, 4.69) is 4.98 Å². The Kier molecular flexibility index (Phi) is 2.82. The van der Waals surface area contributed by atoms with Gasteiger partial charge in [-0.1, -0.05) is 0 Å². The van der Waals surface area contributed by atoms with Gasteiger partial charge in [0, 0.05) is 11.8 Å². The minimum atomic E-state index is -2.95.